The normalized spacial score (nSPS) is 15.8. The van der Waals surface area contributed by atoms with E-state index >= 15 is 0 Å². The summed E-state index contributed by atoms with van der Waals surface area (Å²) in [7, 11) is 1.35. The number of nitro benzene ring substituents is 1. The first-order valence-corrected chi connectivity index (χ1v) is 9.57. The number of amides is 1. The third-order valence-electron chi connectivity index (χ3n) is 5.05. The van der Waals surface area contributed by atoms with Gasteiger partial charge < -0.3 is 19.7 Å². The highest BCUT2D eigenvalue weighted by Crippen LogP contribution is 2.31. The third-order valence-corrected chi connectivity index (χ3v) is 5.05. The Bertz CT molecular complexity index is 875. The van der Waals surface area contributed by atoms with Crippen molar-refractivity contribution in [3.8, 4) is 11.5 Å². The van der Waals surface area contributed by atoms with Gasteiger partial charge in [0.15, 0.2) is 6.61 Å². The molecule has 0 bridgehead atoms. The molecule has 8 nitrogen and oxygen atoms in total. The van der Waals surface area contributed by atoms with Crippen molar-refractivity contribution in [3.63, 3.8) is 0 Å². The molecule has 0 aromatic heterocycles. The highest BCUT2D eigenvalue weighted by molar-refractivity contribution is 5.85. The maximum absolute atomic E-state index is 12.8. The lowest BCUT2D eigenvalue weighted by molar-refractivity contribution is -0.385. The number of aryl methyl sites for hydroxylation is 1. The van der Waals surface area contributed by atoms with Crippen LogP contribution in [0, 0.1) is 10.1 Å². The van der Waals surface area contributed by atoms with Gasteiger partial charge in [0.1, 0.15) is 5.75 Å². The van der Waals surface area contributed by atoms with Crippen molar-refractivity contribution in [1.29, 1.82) is 0 Å². The van der Waals surface area contributed by atoms with E-state index in [2.05, 4.69) is 36.5 Å². The third kappa shape index (κ3) is 5.40. The Balaban J connectivity index is 0.00000320. The van der Waals surface area contributed by atoms with Crippen LogP contribution in [0.5, 0.6) is 11.5 Å². The summed E-state index contributed by atoms with van der Waals surface area (Å²) in [6.45, 7) is 3.96. The Morgan fingerprint density at radius 2 is 2.00 bits per heavy atom. The van der Waals surface area contributed by atoms with Gasteiger partial charge in [-0.25, -0.2) is 0 Å². The Labute approximate surface area is 181 Å². The van der Waals surface area contributed by atoms with Crippen LogP contribution in [0.4, 0.5) is 5.69 Å². The van der Waals surface area contributed by atoms with Gasteiger partial charge in [-0.05, 0) is 23.6 Å². The molecule has 30 heavy (non-hydrogen) atoms. The molecule has 2 aromatic rings. The minimum Gasteiger partial charge on any atom is -0.490 e. The summed E-state index contributed by atoms with van der Waals surface area (Å²) in [4.78, 5) is 25.1. The zero-order valence-electron chi connectivity index (χ0n) is 17.0. The molecule has 1 fully saturated rings. The number of nitrogens with one attached hydrogen (secondary N) is 1. The summed E-state index contributed by atoms with van der Waals surface area (Å²) in [6.07, 6.45) is 0.971. The number of halogens is 1. The number of methoxy groups -OCH3 is 1. The van der Waals surface area contributed by atoms with E-state index in [9.17, 15) is 14.9 Å². The summed E-state index contributed by atoms with van der Waals surface area (Å²) in [5.74, 6) is 0.309. The smallest absolute Gasteiger partial charge is 0.311 e. The Morgan fingerprint density at radius 1 is 1.27 bits per heavy atom. The zero-order chi connectivity index (χ0) is 20.8. The Kier molecular flexibility index (Phi) is 8.44. The molecule has 1 heterocycles. The number of hydrogen-bond donors (Lipinski definition) is 1. The first-order chi connectivity index (χ1) is 14.0. The minimum atomic E-state index is -0.525. The van der Waals surface area contributed by atoms with E-state index in [0.29, 0.717) is 18.8 Å². The summed E-state index contributed by atoms with van der Waals surface area (Å²) < 4.78 is 10.6. The van der Waals surface area contributed by atoms with E-state index in [1.54, 1.807) is 0 Å². The molecule has 9 heteroatoms. The van der Waals surface area contributed by atoms with Crippen LogP contribution in [0.25, 0.3) is 0 Å². The lowest BCUT2D eigenvalue weighted by atomic mass is 10.0. The van der Waals surface area contributed by atoms with Gasteiger partial charge in [0.2, 0.25) is 5.75 Å². The predicted molar refractivity (Wildman–Crippen MR) is 116 cm³/mol. The molecule has 1 N–H and O–H groups in total. The molecule has 1 atom stereocenters. The number of nitro groups is 1. The van der Waals surface area contributed by atoms with Crippen LogP contribution in [0.15, 0.2) is 42.5 Å². The fourth-order valence-corrected chi connectivity index (χ4v) is 3.40. The van der Waals surface area contributed by atoms with Gasteiger partial charge in [-0.1, -0.05) is 31.2 Å². The van der Waals surface area contributed by atoms with Gasteiger partial charge >= 0.3 is 5.69 Å². The van der Waals surface area contributed by atoms with Gasteiger partial charge in [0, 0.05) is 31.8 Å². The first-order valence-electron chi connectivity index (χ1n) is 9.57. The summed E-state index contributed by atoms with van der Waals surface area (Å²) in [5.41, 5.74) is 2.19. The molecule has 3 rings (SSSR count). The average molecular weight is 436 g/mol. The molecular weight excluding hydrogens is 410 g/mol. The van der Waals surface area contributed by atoms with Crippen LogP contribution in [0.3, 0.4) is 0 Å². The van der Waals surface area contributed by atoms with E-state index < -0.39 is 4.92 Å². The van der Waals surface area contributed by atoms with Gasteiger partial charge in [0.25, 0.3) is 5.91 Å². The number of nitrogens with zero attached hydrogens (tertiary/aromatic N) is 2. The van der Waals surface area contributed by atoms with E-state index in [4.69, 9.17) is 9.47 Å². The number of carbonyl (C=O) groups excluding carboxylic acids is 1. The van der Waals surface area contributed by atoms with Crippen molar-refractivity contribution in [2.75, 3.05) is 33.4 Å². The molecule has 1 aliphatic rings. The number of hydrogen-bond acceptors (Lipinski definition) is 6. The van der Waals surface area contributed by atoms with Gasteiger partial charge in [-0.2, -0.15) is 0 Å². The largest absolute Gasteiger partial charge is 0.490 e. The molecule has 0 aliphatic carbocycles. The monoisotopic (exact) mass is 435 g/mol. The lowest BCUT2D eigenvalue weighted by Gasteiger charge is -2.36. The maximum Gasteiger partial charge on any atom is 0.311 e. The van der Waals surface area contributed by atoms with Crippen LogP contribution < -0.4 is 14.8 Å². The molecule has 0 saturated carbocycles. The van der Waals surface area contributed by atoms with Gasteiger partial charge in [-0.15, -0.1) is 12.4 Å². The van der Waals surface area contributed by atoms with Crippen LogP contribution in [0.1, 0.15) is 24.1 Å². The second-order valence-corrected chi connectivity index (χ2v) is 6.78. The molecule has 2 aromatic carbocycles. The van der Waals surface area contributed by atoms with E-state index in [1.165, 1.54) is 30.9 Å². The summed E-state index contributed by atoms with van der Waals surface area (Å²) in [5, 5.41) is 14.3. The lowest BCUT2D eigenvalue weighted by Crippen LogP contribution is -2.50. The summed E-state index contributed by atoms with van der Waals surface area (Å²) in [6, 6.07) is 12.5. The number of ether oxygens (including phenoxy) is 2. The molecular formula is C21H26ClN3O5. The molecule has 1 amide bonds. The second-order valence-electron chi connectivity index (χ2n) is 6.78. The van der Waals surface area contributed by atoms with Gasteiger partial charge in [0.05, 0.1) is 18.1 Å². The molecule has 1 unspecified atom stereocenters. The van der Waals surface area contributed by atoms with Crippen molar-refractivity contribution in [1.82, 2.24) is 10.2 Å². The SMILES string of the molecule is CCc1ccc(C2CNCCN2C(=O)COc2ccc([N+](=O)[O-])c(OC)c2)cc1.Cl. The van der Waals surface area contributed by atoms with Crippen molar-refractivity contribution in [2.45, 2.75) is 19.4 Å². The van der Waals surface area contributed by atoms with E-state index in [1.807, 2.05) is 4.90 Å². The number of rotatable bonds is 7. The Hall–Kier alpha value is -2.84. The first kappa shape index (κ1) is 23.4. The molecule has 1 saturated heterocycles. The molecule has 1 aliphatic heterocycles. The standard InChI is InChI=1S/C21H25N3O5.ClH/c1-3-15-4-6-16(7-5-15)19-13-22-10-11-23(19)21(25)14-29-17-8-9-18(24(26)27)20(12-17)28-2;/h4-9,12,19,22H,3,10-11,13-14H2,1-2H3;1H. The zero-order valence-corrected chi connectivity index (χ0v) is 17.8. The number of piperazine rings is 1. The highest BCUT2D eigenvalue weighted by atomic mass is 35.5. The quantitative estimate of drug-likeness (QED) is 0.530. The molecule has 0 spiro atoms. The van der Waals surface area contributed by atoms with Crippen molar-refractivity contribution < 1.29 is 19.2 Å². The average Bonchev–Trinajstić information content (AvgIpc) is 2.77. The molecule has 0 radical (unpaired) electrons. The van der Waals surface area contributed by atoms with Crippen LogP contribution in [-0.4, -0.2) is 49.1 Å². The number of carbonyl (C=O) groups is 1. The topological polar surface area (TPSA) is 93.9 Å². The van der Waals surface area contributed by atoms with E-state index in [0.717, 1.165) is 18.5 Å². The predicted octanol–water partition coefficient (Wildman–Crippen LogP) is 3.14. The fourth-order valence-electron chi connectivity index (χ4n) is 3.40. The maximum atomic E-state index is 12.8. The van der Waals surface area contributed by atoms with Crippen LogP contribution in [0.2, 0.25) is 0 Å². The molecule has 162 valence electrons. The van der Waals surface area contributed by atoms with Crippen LogP contribution in [-0.2, 0) is 11.2 Å². The van der Waals surface area contributed by atoms with E-state index in [-0.39, 0.29) is 42.4 Å². The van der Waals surface area contributed by atoms with Crippen LogP contribution >= 0.6 is 12.4 Å². The highest BCUT2D eigenvalue weighted by Gasteiger charge is 2.28. The van der Waals surface area contributed by atoms with Crippen molar-refractivity contribution >= 4 is 24.0 Å². The van der Waals surface area contributed by atoms with Crippen molar-refractivity contribution in [2.24, 2.45) is 0 Å². The summed E-state index contributed by atoms with van der Waals surface area (Å²) >= 11 is 0. The fraction of sp³-hybridized carbons (Fsp3) is 0.381. The Morgan fingerprint density at radius 3 is 2.63 bits per heavy atom. The minimum absolute atomic E-state index is 0. The number of benzene rings is 2. The van der Waals surface area contributed by atoms with Gasteiger partial charge in [-0.3, -0.25) is 14.9 Å². The van der Waals surface area contributed by atoms with Crippen molar-refractivity contribution in [3.05, 3.63) is 63.7 Å². The second kappa shape index (κ2) is 10.8.